The second kappa shape index (κ2) is 8.65. The lowest BCUT2D eigenvalue weighted by Crippen LogP contribution is -2.56. The average Bonchev–Trinajstić information content (AvgIpc) is 3.16. The molecule has 2 fully saturated rings. The van der Waals surface area contributed by atoms with Gasteiger partial charge in [-0.1, -0.05) is 25.3 Å². The van der Waals surface area contributed by atoms with Gasteiger partial charge in [-0.25, -0.2) is 4.79 Å². The van der Waals surface area contributed by atoms with E-state index >= 15 is 0 Å². The van der Waals surface area contributed by atoms with Gasteiger partial charge in [-0.3, -0.25) is 9.88 Å². The zero-order valence-corrected chi connectivity index (χ0v) is 15.5. The highest BCUT2D eigenvalue weighted by Gasteiger charge is 2.40. The number of aromatic nitrogens is 1. The van der Waals surface area contributed by atoms with Gasteiger partial charge in [0, 0.05) is 44.0 Å². The van der Waals surface area contributed by atoms with Gasteiger partial charge in [0.2, 0.25) is 0 Å². The molecule has 2 heterocycles. The normalized spacial score (nSPS) is 20.4. The monoisotopic (exact) mass is 344 g/mol. The smallest absolute Gasteiger partial charge is 0.317 e. The number of hydrogen-bond acceptors (Lipinski definition) is 3. The maximum absolute atomic E-state index is 12.5. The number of nitrogens with one attached hydrogen (secondary N) is 1. The molecule has 1 aliphatic heterocycles. The average molecular weight is 345 g/mol. The summed E-state index contributed by atoms with van der Waals surface area (Å²) in [5.74, 6) is 0. The van der Waals surface area contributed by atoms with E-state index in [1.165, 1.54) is 58.0 Å². The fourth-order valence-electron chi connectivity index (χ4n) is 4.31. The van der Waals surface area contributed by atoms with Crippen LogP contribution in [0, 0.1) is 0 Å². The number of carbonyl (C=O) groups is 1. The fraction of sp³-hybridized carbons (Fsp3) is 0.700. The summed E-state index contributed by atoms with van der Waals surface area (Å²) in [4.78, 5) is 21.3. The molecular weight excluding hydrogens is 312 g/mol. The largest absolute Gasteiger partial charge is 0.336 e. The van der Waals surface area contributed by atoms with Crippen LogP contribution in [-0.2, 0) is 6.42 Å². The number of amides is 2. The fourth-order valence-corrected chi connectivity index (χ4v) is 4.31. The van der Waals surface area contributed by atoms with Crippen LogP contribution in [0.15, 0.2) is 24.4 Å². The molecule has 1 aliphatic carbocycles. The molecule has 2 amide bonds. The first-order chi connectivity index (χ1) is 12.2. The summed E-state index contributed by atoms with van der Waals surface area (Å²) in [7, 11) is 1.88. The van der Waals surface area contributed by atoms with Crippen molar-refractivity contribution in [3.8, 4) is 0 Å². The molecule has 2 aliphatic rings. The summed E-state index contributed by atoms with van der Waals surface area (Å²) < 4.78 is 0. The molecule has 1 saturated carbocycles. The maximum Gasteiger partial charge on any atom is 0.317 e. The molecule has 5 nitrogen and oxygen atoms in total. The van der Waals surface area contributed by atoms with E-state index in [1.54, 1.807) is 11.1 Å². The molecule has 1 N–H and O–H groups in total. The van der Waals surface area contributed by atoms with Crippen LogP contribution >= 0.6 is 0 Å². The number of carbonyl (C=O) groups excluding carboxylic acids is 1. The summed E-state index contributed by atoms with van der Waals surface area (Å²) in [5, 5.41) is 3.22. The zero-order valence-electron chi connectivity index (χ0n) is 15.5. The van der Waals surface area contributed by atoms with Crippen LogP contribution in [0.25, 0.3) is 0 Å². The lowest BCUT2D eigenvalue weighted by atomic mass is 9.92. The van der Waals surface area contributed by atoms with Gasteiger partial charge in [0.05, 0.1) is 0 Å². The number of rotatable bonds is 6. The predicted molar refractivity (Wildman–Crippen MR) is 101 cm³/mol. The van der Waals surface area contributed by atoms with Crippen molar-refractivity contribution in [1.82, 2.24) is 20.1 Å². The minimum atomic E-state index is 0.0409. The number of piperidine rings is 1. The number of likely N-dealkylation sites (N-methyl/N-ethyl adjacent to an activating group) is 1. The summed E-state index contributed by atoms with van der Waals surface area (Å²) >= 11 is 0. The molecule has 0 spiro atoms. The standard InChI is InChI=1S/C20H32N4O/c1-23(16-10-18-9-3-6-13-21-18)19(25)22-17-20(11-4-5-12-20)24-14-7-2-8-15-24/h3,6,9,13H,2,4-5,7-8,10-12,14-17H2,1H3,(H,22,25). The third-order valence-electron chi connectivity index (χ3n) is 5.91. The Morgan fingerprint density at radius 1 is 1.20 bits per heavy atom. The van der Waals surface area contributed by atoms with Crippen LogP contribution in [0.2, 0.25) is 0 Å². The number of nitrogens with zero attached hydrogens (tertiary/aromatic N) is 3. The molecule has 1 aromatic heterocycles. The highest BCUT2D eigenvalue weighted by molar-refractivity contribution is 5.73. The Morgan fingerprint density at radius 2 is 1.96 bits per heavy atom. The SMILES string of the molecule is CN(CCc1ccccn1)C(=O)NCC1(N2CCCCC2)CCCC1. The van der Waals surface area contributed by atoms with Crippen LogP contribution < -0.4 is 5.32 Å². The number of pyridine rings is 1. The minimum Gasteiger partial charge on any atom is -0.336 e. The second-order valence-corrected chi connectivity index (χ2v) is 7.63. The first kappa shape index (κ1) is 18.2. The van der Waals surface area contributed by atoms with Gasteiger partial charge >= 0.3 is 6.03 Å². The zero-order chi connectivity index (χ0) is 17.5. The summed E-state index contributed by atoms with van der Waals surface area (Å²) in [6.45, 7) is 3.89. The molecule has 0 bridgehead atoms. The summed E-state index contributed by atoms with van der Waals surface area (Å²) in [6.07, 6.45) is 11.6. The van der Waals surface area contributed by atoms with Crippen LogP contribution in [-0.4, -0.2) is 59.6 Å². The van der Waals surface area contributed by atoms with Gasteiger partial charge in [0.25, 0.3) is 0 Å². The Labute approximate surface area is 151 Å². The van der Waals surface area contributed by atoms with Gasteiger partial charge in [-0.15, -0.1) is 0 Å². The highest BCUT2D eigenvalue weighted by Crippen LogP contribution is 2.36. The lowest BCUT2D eigenvalue weighted by Gasteiger charge is -2.44. The maximum atomic E-state index is 12.5. The van der Waals surface area contributed by atoms with Crippen molar-refractivity contribution in [2.45, 2.75) is 56.9 Å². The Kier molecular flexibility index (Phi) is 6.29. The molecule has 1 aromatic rings. The second-order valence-electron chi connectivity index (χ2n) is 7.63. The van der Waals surface area contributed by atoms with Gasteiger partial charge in [0.15, 0.2) is 0 Å². The number of hydrogen-bond donors (Lipinski definition) is 1. The van der Waals surface area contributed by atoms with E-state index < -0.39 is 0 Å². The molecule has 25 heavy (non-hydrogen) atoms. The van der Waals surface area contributed by atoms with Crippen molar-refractivity contribution in [3.05, 3.63) is 30.1 Å². The Hall–Kier alpha value is -1.62. The van der Waals surface area contributed by atoms with Crippen molar-refractivity contribution in [1.29, 1.82) is 0 Å². The Morgan fingerprint density at radius 3 is 2.64 bits per heavy atom. The van der Waals surface area contributed by atoms with Crippen molar-refractivity contribution in [3.63, 3.8) is 0 Å². The third-order valence-corrected chi connectivity index (χ3v) is 5.91. The van der Waals surface area contributed by atoms with Gasteiger partial charge in [-0.05, 0) is 50.9 Å². The number of likely N-dealkylation sites (tertiary alicyclic amines) is 1. The van der Waals surface area contributed by atoms with E-state index in [-0.39, 0.29) is 11.6 Å². The molecule has 5 heteroatoms. The Balaban J connectivity index is 1.49. The van der Waals surface area contributed by atoms with E-state index in [2.05, 4.69) is 15.2 Å². The number of urea groups is 1. The minimum absolute atomic E-state index is 0.0409. The molecule has 1 saturated heterocycles. The van der Waals surface area contributed by atoms with E-state index in [1.807, 2.05) is 25.2 Å². The van der Waals surface area contributed by atoms with E-state index in [9.17, 15) is 4.79 Å². The highest BCUT2D eigenvalue weighted by atomic mass is 16.2. The molecule has 138 valence electrons. The third kappa shape index (κ3) is 4.72. The van der Waals surface area contributed by atoms with Gasteiger partial charge in [0.1, 0.15) is 0 Å². The molecule has 0 aromatic carbocycles. The molecule has 0 radical (unpaired) electrons. The molecule has 0 atom stereocenters. The molecule has 0 unspecified atom stereocenters. The topological polar surface area (TPSA) is 48.5 Å². The van der Waals surface area contributed by atoms with Crippen LogP contribution in [0.4, 0.5) is 4.79 Å². The van der Waals surface area contributed by atoms with E-state index in [0.717, 1.165) is 18.7 Å². The molecular formula is C20H32N4O. The first-order valence-corrected chi connectivity index (χ1v) is 9.84. The van der Waals surface area contributed by atoms with E-state index in [4.69, 9.17) is 0 Å². The Bertz CT molecular complexity index is 536. The van der Waals surface area contributed by atoms with Crippen LogP contribution in [0.5, 0.6) is 0 Å². The van der Waals surface area contributed by atoms with Crippen LogP contribution in [0.3, 0.4) is 0 Å². The van der Waals surface area contributed by atoms with Crippen LogP contribution in [0.1, 0.15) is 50.6 Å². The lowest BCUT2D eigenvalue weighted by molar-refractivity contribution is 0.0704. The van der Waals surface area contributed by atoms with Crippen molar-refractivity contribution in [2.75, 3.05) is 33.2 Å². The summed E-state index contributed by atoms with van der Waals surface area (Å²) in [5.41, 5.74) is 1.24. The van der Waals surface area contributed by atoms with Gasteiger partial charge in [-0.2, -0.15) is 0 Å². The first-order valence-electron chi connectivity index (χ1n) is 9.84. The predicted octanol–water partition coefficient (Wildman–Crippen LogP) is 3.06. The van der Waals surface area contributed by atoms with Crippen molar-refractivity contribution in [2.24, 2.45) is 0 Å². The van der Waals surface area contributed by atoms with Crippen molar-refractivity contribution >= 4 is 6.03 Å². The van der Waals surface area contributed by atoms with Crippen molar-refractivity contribution < 1.29 is 4.79 Å². The molecule has 3 rings (SSSR count). The quantitative estimate of drug-likeness (QED) is 0.863. The summed E-state index contributed by atoms with van der Waals surface area (Å²) in [6, 6.07) is 5.96. The van der Waals surface area contributed by atoms with E-state index in [0.29, 0.717) is 6.54 Å². The van der Waals surface area contributed by atoms with Gasteiger partial charge < -0.3 is 10.2 Å².